The van der Waals surface area contributed by atoms with Gasteiger partial charge in [0.15, 0.2) is 5.78 Å². The highest BCUT2D eigenvalue weighted by atomic mass is 16.3. The molecule has 3 heteroatoms. The number of nitrogens with two attached hydrogens (primary N) is 1. The van der Waals surface area contributed by atoms with Crippen LogP contribution in [0.2, 0.25) is 0 Å². The van der Waals surface area contributed by atoms with Crippen LogP contribution in [0.5, 0.6) is 5.75 Å². The molecule has 12 heavy (non-hydrogen) atoms. The lowest BCUT2D eigenvalue weighted by atomic mass is 10.0. The second-order valence-corrected chi connectivity index (χ2v) is 2.73. The lowest BCUT2D eigenvalue weighted by molar-refractivity contribution is 0.101. The predicted octanol–water partition coefficient (Wildman–Crippen LogP) is 1.49. The van der Waals surface area contributed by atoms with E-state index in [1.807, 2.05) is 0 Å². The minimum Gasteiger partial charge on any atom is -0.506 e. The number of nitrogen functional groups attached to an aromatic ring is 1. The fraction of sp³-hybridized carbons (Fsp3) is 0.222. The number of Topliss-reactive ketones (excluding diaryl/α,β-unsaturated/α-hetero) is 1. The number of phenols is 1. The number of carbonyl (C=O) groups excluding carboxylic acids is 1. The van der Waals surface area contributed by atoms with Crippen molar-refractivity contribution < 1.29 is 9.90 Å². The Labute approximate surface area is 70.8 Å². The summed E-state index contributed by atoms with van der Waals surface area (Å²) in [5.74, 6) is -0.0169. The molecule has 0 aliphatic carbocycles. The number of hydrogen-bond acceptors (Lipinski definition) is 3. The van der Waals surface area contributed by atoms with Gasteiger partial charge in [-0.3, -0.25) is 4.79 Å². The Bertz CT molecular complexity index is 332. The van der Waals surface area contributed by atoms with Crippen LogP contribution in [0.15, 0.2) is 12.1 Å². The van der Waals surface area contributed by atoms with Gasteiger partial charge in [-0.15, -0.1) is 0 Å². The van der Waals surface area contributed by atoms with Gasteiger partial charge in [0.25, 0.3) is 0 Å². The molecule has 0 aromatic heterocycles. The van der Waals surface area contributed by atoms with Crippen LogP contribution in [0.1, 0.15) is 22.8 Å². The van der Waals surface area contributed by atoms with Crippen LogP contribution >= 0.6 is 0 Å². The summed E-state index contributed by atoms with van der Waals surface area (Å²) in [7, 11) is 0. The van der Waals surface area contributed by atoms with Crippen molar-refractivity contribution in [2.24, 2.45) is 0 Å². The Hall–Kier alpha value is -1.51. The standard InChI is InChI=1S/C9H11NO2/c1-5-7(6(2)11)3-4-8(12)9(5)10/h3-4,12H,10H2,1-2H3. The molecule has 0 aliphatic heterocycles. The zero-order valence-electron chi connectivity index (χ0n) is 7.09. The molecule has 0 atom stereocenters. The Kier molecular flexibility index (Phi) is 2.04. The fourth-order valence-corrected chi connectivity index (χ4v) is 1.10. The molecule has 0 heterocycles. The second-order valence-electron chi connectivity index (χ2n) is 2.73. The van der Waals surface area contributed by atoms with Gasteiger partial charge in [-0.05, 0) is 31.5 Å². The molecule has 0 spiro atoms. The first-order valence-corrected chi connectivity index (χ1v) is 3.63. The topological polar surface area (TPSA) is 63.3 Å². The van der Waals surface area contributed by atoms with Crippen LogP contribution in [-0.4, -0.2) is 10.9 Å². The second kappa shape index (κ2) is 2.85. The van der Waals surface area contributed by atoms with Crippen molar-refractivity contribution in [3.63, 3.8) is 0 Å². The monoisotopic (exact) mass is 165 g/mol. The highest BCUT2D eigenvalue weighted by Crippen LogP contribution is 2.26. The first-order chi connectivity index (χ1) is 5.54. The maximum Gasteiger partial charge on any atom is 0.160 e. The summed E-state index contributed by atoms with van der Waals surface area (Å²) in [5, 5.41) is 9.17. The fourth-order valence-electron chi connectivity index (χ4n) is 1.10. The van der Waals surface area contributed by atoms with Crippen molar-refractivity contribution in [3.8, 4) is 5.75 Å². The van der Waals surface area contributed by atoms with Crippen LogP contribution < -0.4 is 5.73 Å². The summed E-state index contributed by atoms with van der Waals surface area (Å²) in [6.45, 7) is 3.19. The third-order valence-electron chi connectivity index (χ3n) is 1.87. The van der Waals surface area contributed by atoms with Crippen molar-refractivity contribution in [1.29, 1.82) is 0 Å². The molecular weight excluding hydrogens is 154 g/mol. The van der Waals surface area contributed by atoms with Crippen molar-refractivity contribution in [2.75, 3.05) is 5.73 Å². The summed E-state index contributed by atoms with van der Waals surface area (Å²) < 4.78 is 0. The molecule has 3 N–H and O–H groups in total. The SMILES string of the molecule is CC(=O)c1ccc(O)c(N)c1C. The number of ketones is 1. The van der Waals surface area contributed by atoms with Gasteiger partial charge < -0.3 is 10.8 Å². The smallest absolute Gasteiger partial charge is 0.160 e. The number of phenolic OH excluding ortho intramolecular Hbond substituents is 1. The third kappa shape index (κ3) is 1.25. The van der Waals surface area contributed by atoms with E-state index in [0.717, 1.165) is 0 Å². The molecule has 1 rings (SSSR count). The van der Waals surface area contributed by atoms with E-state index < -0.39 is 0 Å². The van der Waals surface area contributed by atoms with Crippen molar-refractivity contribution in [1.82, 2.24) is 0 Å². The molecule has 0 fully saturated rings. The highest BCUT2D eigenvalue weighted by molar-refractivity contribution is 5.97. The lowest BCUT2D eigenvalue weighted by Crippen LogP contribution is -2.00. The zero-order valence-corrected chi connectivity index (χ0v) is 7.09. The molecule has 0 aliphatic rings. The number of benzene rings is 1. The molecular formula is C9H11NO2. The van der Waals surface area contributed by atoms with Crippen molar-refractivity contribution in [2.45, 2.75) is 13.8 Å². The van der Waals surface area contributed by atoms with Gasteiger partial charge >= 0.3 is 0 Å². The molecule has 64 valence electrons. The molecule has 0 radical (unpaired) electrons. The van der Waals surface area contributed by atoms with Crippen LogP contribution in [0.4, 0.5) is 5.69 Å². The van der Waals surface area contributed by atoms with Gasteiger partial charge in [-0.1, -0.05) is 0 Å². The van der Waals surface area contributed by atoms with Gasteiger partial charge in [-0.2, -0.15) is 0 Å². The number of hydrogen-bond donors (Lipinski definition) is 2. The van der Waals surface area contributed by atoms with Gasteiger partial charge in [0, 0.05) is 5.56 Å². The van der Waals surface area contributed by atoms with Gasteiger partial charge in [0.2, 0.25) is 0 Å². The number of rotatable bonds is 1. The van der Waals surface area contributed by atoms with E-state index in [4.69, 9.17) is 5.73 Å². The third-order valence-corrected chi connectivity index (χ3v) is 1.87. The molecule has 3 nitrogen and oxygen atoms in total. The van der Waals surface area contributed by atoms with Crippen LogP contribution in [0, 0.1) is 6.92 Å². The molecule has 0 unspecified atom stereocenters. The number of aromatic hydroxyl groups is 1. The van der Waals surface area contributed by atoms with E-state index >= 15 is 0 Å². The summed E-state index contributed by atoms with van der Waals surface area (Å²) in [6, 6.07) is 3.00. The Morgan fingerprint density at radius 3 is 2.58 bits per heavy atom. The Balaban J connectivity index is 3.36. The first kappa shape index (κ1) is 8.59. The van der Waals surface area contributed by atoms with E-state index in [-0.39, 0.29) is 17.2 Å². The average molecular weight is 165 g/mol. The lowest BCUT2D eigenvalue weighted by Gasteiger charge is -2.06. The highest BCUT2D eigenvalue weighted by Gasteiger charge is 2.08. The van der Waals surface area contributed by atoms with E-state index in [9.17, 15) is 9.90 Å². The van der Waals surface area contributed by atoms with Crippen molar-refractivity contribution in [3.05, 3.63) is 23.3 Å². The number of carbonyl (C=O) groups is 1. The normalized spacial score (nSPS) is 9.83. The maximum absolute atomic E-state index is 11.0. The first-order valence-electron chi connectivity index (χ1n) is 3.63. The predicted molar refractivity (Wildman–Crippen MR) is 47.3 cm³/mol. The molecule has 0 saturated carbocycles. The van der Waals surface area contributed by atoms with E-state index in [1.54, 1.807) is 13.0 Å². The quantitative estimate of drug-likeness (QED) is 0.376. The Morgan fingerprint density at radius 1 is 1.50 bits per heavy atom. The molecule has 1 aromatic carbocycles. The van der Waals surface area contributed by atoms with Crippen LogP contribution in [-0.2, 0) is 0 Å². The molecule has 1 aromatic rings. The van der Waals surface area contributed by atoms with Gasteiger partial charge in [0.1, 0.15) is 5.75 Å². The maximum atomic E-state index is 11.0. The van der Waals surface area contributed by atoms with E-state index in [1.165, 1.54) is 13.0 Å². The summed E-state index contributed by atoms with van der Waals surface area (Å²) in [4.78, 5) is 11.0. The van der Waals surface area contributed by atoms with Gasteiger partial charge in [0.05, 0.1) is 5.69 Å². The molecule has 0 bridgehead atoms. The average Bonchev–Trinajstić information content (AvgIpc) is 2.00. The Morgan fingerprint density at radius 2 is 2.08 bits per heavy atom. The largest absolute Gasteiger partial charge is 0.506 e. The molecule has 0 amide bonds. The van der Waals surface area contributed by atoms with Crippen LogP contribution in [0.3, 0.4) is 0 Å². The summed E-state index contributed by atoms with van der Waals surface area (Å²) >= 11 is 0. The number of anilines is 1. The van der Waals surface area contributed by atoms with Crippen molar-refractivity contribution >= 4 is 11.5 Å². The van der Waals surface area contributed by atoms with E-state index in [2.05, 4.69) is 0 Å². The van der Waals surface area contributed by atoms with Gasteiger partial charge in [-0.25, -0.2) is 0 Å². The minimum atomic E-state index is -0.0424. The molecule has 0 saturated heterocycles. The van der Waals surface area contributed by atoms with Crippen LogP contribution in [0.25, 0.3) is 0 Å². The van der Waals surface area contributed by atoms with E-state index in [0.29, 0.717) is 11.1 Å². The summed E-state index contributed by atoms with van der Waals surface area (Å²) in [5.41, 5.74) is 7.00. The zero-order chi connectivity index (χ0) is 9.30. The summed E-state index contributed by atoms with van der Waals surface area (Å²) in [6.07, 6.45) is 0. The minimum absolute atomic E-state index is 0.0255.